The van der Waals surface area contributed by atoms with Crippen LogP contribution in [0.3, 0.4) is 0 Å². The summed E-state index contributed by atoms with van der Waals surface area (Å²) in [5, 5.41) is 19.9. The van der Waals surface area contributed by atoms with Crippen LogP contribution in [-0.2, 0) is 6.61 Å². The Hall–Kier alpha value is -1.92. The molecule has 19 heavy (non-hydrogen) atoms. The predicted molar refractivity (Wildman–Crippen MR) is 73.2 cm³/mol. The molecule has 2 rings (SSSR count). The molecule has 0 saturated carbocycles. The Bertz CT molecular complexity index is 615. The van der Waals surface area contributed by atoms with E-state index in [9.17, 15) is 15.2 Å². The van der Waals surface area contributed by atoms with Gasteiger partial charge in [0.1, 0.15) is 11.5 Å². The Morgan fingerprint density at radius 2 is 2.05 bits per heavy atom. The molecule has 2 aromatic carbocycles. The molecule has 0 aliphatic carbocycles. The van der Waals surface area contributed by atoms with Crippen molar-refractivity contribution in [2.45, 2.75) is 6.61 Å². The van der Waals surface area contributed by atoms with E-state index in [0.717, 1.165) is 4.47 Å². The number of ether oxygens (including phenoxy) is 1. The Labute approximate surface area is 117 Å². The minimum atomic E-state index is -0.485. The van der Waals surface area contributed by atoms with Crippen molar-refractivity contribution in [1.82, 2.24) is 0 Å². The molecule has 5 nitrogen and oxygen atoms in total. The van der Waals surface area contributed by atoms with E-state index in [2.05, 4.69) is 15.9 Å². The van der Waals surface area contributed by atoms with Gasteiger partial charge in [-0.2, -0.15) is 0 Å². The number of non-ortho nitro benzene ring substituents is 1. The summed E-state index contributed by atoms with van der Waals surface area (Å²) >= 11 is 3.30. The van der Waals surface area contributed by atoms with Gasteiger partial charge < -0.3 is 9.84 Å². The second kappa shape index (κ2) is 5.81. The van der Waals surface area contributed by atoms with Gasteiger partial charge >= 0.3 is 0 Å². The van der Waals surface area contributed by atoms with E-state index in [4.69, 9.17) is 4.74 Å². The van der Waals surface area contributed by atoms with Crippen molar-refractivity contribution in [2.24, 2.45) is 0 Å². The van der Waals surface area contributed by atoms with E-state index >= 15 is 0 Å². The van der Waals surface area contributed by atoms with Crippen LogP contribution in [0.2, 0.25) is 0 Å². The van der Waals surface area contributed by atoms with Gasteiger partial charge in [-0.3, -0.25) is 10.1 Å². The van der Waals surface area contributed by atoms with E-state index in [0.29, 0.717) is 17.1 Å². The number of rotatable bonds is 4. The summed E-state index contributed by atoms with van der Waals surface area (Å²) in [5.74, 6) is 0.817. The van der Waals surface area contributed by atoms with E-state index in [1.165, 1.54) is 12.1 Å². The van der Waals surface area contributed by atoms with Crippen molar-refractivity contribution in [3.63, 3.8) is 0 Å². The van der Waals surface area contributed by atoms with Crippen LogP contribution in [0.1, 0.15) is 5.56 Å². The number of hydrogen-bond acceptors (Lipinski definition) is 4. The van der Waals surface area contributed by atoms with Crippen molar-refractivity contribution in [3.05, 3.63) is 62.6 Å². The first-order valence-electron chi connectivity index (χ1n) is 5.42. The highest BCUT2D eigenvalue weighted by Gasteiger charge is 2.09. The smallest absolute Gasteiger partial charge is 0.273 e. The van der Waals surface area contributed by atoms with Crippen LogP contribution in [0.25, 0.3) is 0 Å². The van der Waals surface area contributed by atoms with Gasteiger partial charge in [-0.1, -0.05) is 22.0 Å². The predicted octanol–water partition coefficient (Wildman–Crippen LogP) is 3.64. The summed E-state index contributed by atoms with van der Waals surface area (Å²) in [5.41, 5.74) is 0.557. The number of nitrogens with zero attached hydrogens (tertiary/aromatic N) is 1. The molecule has 0 unspecified atom stereocenters. The van der Waals surface area contributed by atoms with Crippen LogP contribution in [-0.4, -0.2) is 10.0 Å². The monoisotopic (exact) mass is 323 g/mol. The molecule has 0 amide bonds. The second-order valence-corrected chi connectivity index (χ2v) is 4.68. The Morgan fingerprint density at radius 1 is 1.26 bits per heavy atom. The van der Waals surface area contributed by atoms with Crippen molar-refractivity contribution in [3.8, 4) is 11.5 Å². The maximum Gasteiger partial charge on any atom is 0.273 e. The molecule has 1 N–H and O–H groups in total. The SMILES string of the molecule is O=[N+]([O-])c1cccc(Oc2ccc(Br)cc2CO)c1. The molecule has 0 saturated heterocycles. The fraction of sp³-hybridized carbons (Fsp3) is 0.0769. The van der Waals surface area contributed by atoms with Gasteiger partial charge in [-0.15, -0.1) is 0 Å². The average Bonchev–Trinajstić information content (AvgIpc) is 2.41. The summed E-state index contributed by atoms with van der Waals surface area (Å²) in [7, 11) is 0. The van der Waals surface area contributed by atoms with Gasteiger partial charge in [-0.25, -0.2) is 0 Å². The zero-order valence-corrected chi connectivity index (χ0v) is 11.3. The first-order valence-corrected chi connectivity index (χ1v) is 6.21. The molecule has 0 atom stereocenters. The van der Waals surface area contributed by atoms with Crippen molar-refractivity contribution >= 4 is 21.6 Å². The normalized spacial score (nSPS) is 10.2. The third-order valence-electron chi connectivity index (χ3n) is 2.45. The van der Waals surface area contributed by atoms with Crippen LogP contribution >= 0.6 is 15.9 Å². The minimum Gasteiger partial charge on any atom is -0.457 e. The highest BCUT2D eigenvalue weighted by Crippen LogP contribution is 2.29. The number of hydrogen-bond donors (Lipinski definition) is 1. The summed E-state index contributed by atoms with van der Waals surface area (Å²) < 4.78 is 6.38. The highest BCUT2D eigenvalue weighted by molar-refractivity contribution is 9.10. The quantitative estimate of drug-likeness (QED) is 0.688. The molecule has 0 heterocycles. The van der Waals surface area contributed by atoms with Gasteiger partial charge in [0.05, 0.1) is 17.6 Å². The van der Waals surface area contributed by atoms with Crippen LogP contribution in [0.4, 0.5) is 5.69 Å². The lowest BCUT2D eigenvalue weighted by atomic mass is 10.2. The molecule has 0 bridgehead atoms. The highest BCUT2D eigenvalue weighted by atomic mass is 79.9. The van der Waals surface area contributed by atoms with E-state index < -0.39 is 4.92 Å². The van der Waals surface area contributed by atoms with Crippen LogP contribution in [0.5, 0.6) is 11.5 Å². The first kappa shape index (κ1) is 13.5. The maximum absolute atomic E-state index is 10.7. The van der Waals surface area contributed by atoms with Gasteiger partial charge in [0.25, 0.3) is 5.69 Å². The van der Waals surface area contributed by atoms with Crippen molar-refractivity contribution < 1.29 is 14.8 Å². The Kier molecular flexibility index (Phi) is 4.13. The number of halogens is 1. The molecule has 98 valence electrons. The third kappa shape index (κ3) is 3.30. The van der Waals surface area contributed by atoms with Gasteiger partial charge in [-0.05, 0) is 24.3 Å². The Balaban J connectivity index is 2.30. The fourth-order valence-corrected chi connectivity index (χ4v) is 1.97. The van der Waals surface area contributed by atoms with E-state index in [-0.39, 0.29) is 12.3 Å². The lowest BCUT2D eigenvalue weighted by Crippen LogP contribution is -1.93. The first-order chi connectivity index (χ1) is 9.10. The van der Waals surface area contributed by atoms with Crippen LogP contribution in [0.15, 0.2) is 46.9 Å². The molecule has 0 aromatic heterocycles. The van der Waals surface area contributed by atoms with Crippen LogP contribution < -0.4 is 4.74 Å². The van der Waals surface area contributed by atoms with Crippen molar-refractivity contribution in [1.29, 1.82) is 0 Å². The number of aliphatic hydroxyl groups excluding tert-OH is 1. The van der Waals surface area contributed by atoms with Crippen LogP contribution in [0, 0.1) is 10.1 Å². The maximum atomic E-state index is 10.7. The largest absolute Gasteiger partial charge is 0.457 e. The molecular weight excluding hydrogens is 314 g/mol. The third-order valence-corrected chi connectivity index (χ3v) is 2.94. The van der Waals surface area contributed by atoms with Crippen molar-refractivity contribution in [2.75, 3.05) is 0 Å². The fourth-order valence-electron chi connectivity index (χ4n) is 1.56. The standard InChI is InChI=1S/C13H10BrNO4/c14-10-4-5-13(9(6-10)8-16)19-12-3-1-2-11(7-12)15(17)18/h1-7,16H,8H2. The average molecular weight is 324 g/mol. The number of nitro benzene ring substituents is 1. The Morgan fingerprint density at radius 3 is 2.74 bits per heavy atom. The molecule has 0 spiro atoms. The topological polar surface area (TPSA) is 72.6 Å². The number of benzene rings is 2. The molecule has 0 aliphatic rings. The molecule has 0 radical (unpaired) electrons. The van der Waals surface area contributed by atoms with E-state index in [1.54, 1.807) is 30.3 Å². The van der Waals surface area contributed by atoms with Gasteiger partial charge in [0.15, 0.2) is 0 Å². The number of aliphatic hydroxyl groups is 1. The second-order valence-electron chi connectivity index (χ2n) is 3.77. The molecule has 2 aromatic rings. The molecule has 0 fully saturated rings. The molecule has 0 aliphatic heterocycles. The lowest BCUT2D eigenvalue weighted by Gasteiger charge is -2.09. The summed E-state index contributed by atoms with van der Waals surface area (Å²) in [6, 6.07) is 11.1. The summed E-state index contributed by atoms with van der Waals surface area (Å²) in [6.07, 6.45) is 0. The zero-order chi connectivity index (χ0) is 13.8. The molecular formula is C13H10BrNO4. The summed E-state index contributed by atoms with van der Waals surface area (Å²) in [6.45, 7) is -0.177. The van der Waals surface area contributed by atoms with E-state index in [1.807, 2.05) is 0 Å². The molecule has 6 heteroatoms. The number of nitro groups is 1. The lowest BCUT2D eigenvalue weighted by molar-refractivity contribution is -0.384. The van der Waals surface area contributed by atoms with Gasteiger partial charge in [0, 0.05) is 16.1 Å². The van der Waals surface area contributed by atoms with Gasteiger partial charge in [0.2, 0.25) is 0 Å². The zero-order valence-electron chi connectivity index (χ0n) is 9.75. The minimum absolute atomic E-state index is 0.0415. The summed E-state index contributed by atoms with van der Waals surface area (Å²) in [4.78, 5) is 10.2.